The first-order valence-corrected chi connectivity index (χ1v) is 6.80. The van der Waals surface area contributed by atoms with Crippen molar-refractivity contribution in [3.63, 3.8) is 0 Å². The van der Waals surface area contributed by atoms with Gasteiger partial charge in [0.1, 0.15) is 11.6 Å². The van der Waals surface area contributed by atoms with Gasteiger partial charge in [-0.25, -0.2) is 4.79 Å². The average Bonchev–Trinajstić information content (AvgIpc) is 2.72. The van der Waals surface area contributed by atoms with Crippen LogP contribution in [-0.2, 0) is 4.74 Å². The number of aromatic nitrogens is 2. The fourth-order valence-corrected chi connectivity index (χ4v) is 1.51. The molecule has 1 rings (SSSR count). The zero-order valence-corrected chi connectivity index (χ0v) is 12.8. The number of carbonyl (C=O) groups is 1. The van der Waals surface area contributed by atoms with E-state index in [1.807, 2.05) is 13.8 Å². The van der Waals surface area contributed by atoms with E-state index in [9.17, 15) is 4.79 Å². The molecule has 1 unspecified atom stereocenters. The van der Waals surface area contributed by atoms with Gasteiger partial charge in [0, 0.05) is 11.7 Å². The van der Waals surface area contributed by atoms with E-state index in [1.165, 1.54) is 0 Å². The van der Waals surface area contributed by atoms with Crippen LogP contribution in [0.15, 0.2) is 4.52 Å². The number of nitrogens with zero attached hydrogens (tertiary/aromatic N) is 2. The highest BCUT2D eigenvalue weighted by molar-refractivity contribution is 7.80. The SMILES string of the molecule is CC(C)c1noc(C(CS)NC(=O)OC(C)(C)C)n1. The molecule has 1 atom stereocenters. The number of hydrogen-bond donors (Lipinski definition) is 2. The zero-order chi connectivity index (χ0) is 14.6. The van der Waals surface area contributed by atoms with Crippen molar-refractivity contribution in [2.24, 2.45) is 0 Å². The van der Waals surface area contributed by atoms with Gasteiger partial charge in [0.25, 0.3) is 0 Å². The lowest BCUT2D eigenvalue weighted by Crippen LogP contribution is -2.35. The molecule has 19 heavy (non-hydrogen) atoms. The van der Waals surface area contributed by atoms with E-state index in [0.717, 1.165) is 0 Å². The first-order valence-electron chi connectivity index (χ1n) is 6.17. The highest BCUT2D eigenvalue weighted by Crippen LogP contribution is 2.17. The highest BCUT2D eigenvalue weighted by atomic mass is 32.1. The second-order valence-electron chi connectivity index (χ2n) is 5.53. The minimum Gasteiger partial charge on any atom is -0.444 e. The van der Waals surface area contributed by atoms with Crippen LogP contribution >= 0.6 is 12.6 Å². The molecule has 0 aliphatic carbocycles. The average molecular weight is 287 g/mol. The van der Waals surface area contributed by atoms with E-state index >= 15 is 0 Å². The molecule has 0 saturated carbocycles. The number of alkyl carbamates (subject to hydrolysis) is 1. The van der Waals surface area contributed by atoms with Crippen molar-refractivity contribution >= 4 is 18.7 Å². The zero-order valence-electron chi connectivity index (χ0n) is 11.9. The van der Waals surface area contributed by atoms with Crippen LogP contribution in [0.5, 0.6) is 0 Å². The van der Waals surface area contributed by atoms with Gasteiger partial charge in [0.2, 0.25) is 5.89 Å². The molecule has 1 aromatic heterocycles. The van der Waals surface area contributed by atoms with Crippen LogP contribution in [0.1, 0.15) is 58.3 Å². The van der Waals surface area contributed by atoms with Crippen LogP contribution in [-0.4, -0.2) is 27.6 Å². The maximum atomic E-state index is 11.7. The molecule has 0 aliphatic rings. The first kappa shape index (κ1) is 15.8. The van der Waals surface area contributed by atoms with Gasteiger partial charge in [-0.05, 0) is 20.8 Å². The molecule has 0 aliphatic heterocycles. The summed E-state index contributed by atoms with van der Waals surface area (Å²) in [5.74, 6) is 1.45. The topological polar surface area (TPSA) is 77.2 Å². The van der Waals surface area contributed by atoms with E-state index < -0.39 is 17.7 Å². The van der Waals surface area contributed by atoms with E-state index in [-0.39, 0.29) is 5.92 Å². The number of carbonyl (C=O) groups excluding carboxylic acids is 1. The largest absolute Gasteiger partial charge is 0.444 e. The smallest absolute Gasteiger partial charge is 0.408 e. The highest BCUT2D eigenvalue weighted by Gasteiger charge is 2.24. The van der Waals surface area contributed by atoms with Gasteiger partial charge >= 0.3 is 6.09 Å². The second kappa shape index (κ2) is 6.27. The monoisotopic (exact) mass is 287 g/mol. The molecule has 0 spiro atoms. The lowest BCUT2D eigenvalue weighted by atomic mass is 10.2. The Morgan fingerprint density at radius 2 is 2.11 bits per heavy atom. The van der Waals surface area contributed by atoms with Crippen LogP contribution in [0.25, 0.3) is 0 Å². The van der Waals surface area contributed by atoms with E-state index in [4.69, 9.17) is 9.26 Å². The maximum absolute atomic E-state index is 11.7. The Bertz CT molecular complexity index is 426. The van der Waals surface area contributed by atoms with Gasteiger partial charge in [-0.15, -0.1) is 0 Å². The molecule has 0 saturated heterocycles. The van der Waals surface area contributed by atoms with Crippen molar-refractivity contribution < 1.29 is 14.1 Å². The molecular weight excluding hydrogens is 266 g/mol. The summed E-state index contributed by atoms with van der Waals surface area (Å²) in [4.78, 5) is 15.9. The predicted octanol–water partition coefficient (Wildman–Crippen LogP) is 2.69. The molecule has 7 heteroatoms. The van der Waals surface area contributed by atoms with Crippen molar-refractivity contribution in [1.29, 1.82) is 0 Å². The molecule has 1 heterocycles. The van der Waals surface area contributed by atoms with Gasteiger partial charge < -0.3 is 14.6 Å². The first-order chi connectivity index (χ1) is 8.73. The fourth-order valence-electron chi connectivity index (χ4n) is 1.26. The fraction of sp³-hybridized carbons (Fsp3) is 0.750. The number of hydrogen-bond acceptors (Lipinski definition) is 6. The predicted molar refractivity (Wildman–Crippen MR) is 74.4 cm³/mol. The van der Waals surface area contributed by atoms with E-state index in [1.54, 1.807) is 20.8 Å². The molecule has 1 aromatic rings. The second-order valence-corrected chi connectivity index (χ2v) is 5.89. The molecule has 0 bridgehead atoms. The third-order valence-corrected chi connectivity index (χ3v) is 2.51. The van der Waals surface area contributed by atoms with Crippen LogP contribution < -0.4 is 5.32 Å². The summed E-state index contributed by atoms with van der Waals surface area (Å²) in [5.41, 5.74) is -0.552. The lowest BCUT2D eigenvalue weighted by Gasteiger charge is -2.21. The van der Waals surface area contributed by atoms with Crippen molar-refractivity contribution in [3.8, 4) is 0 Å². The van der Waals surface area contributed by atoms with Gasteiger partial charge in [-0.3, -0.25) is 0 Å². The Hall–Kier alpha value is -1.24. The van der Waals surface area contributed by atoms with Crippen molar-refractivity contribution in [2.75, 3.05) is 5.75 Å². The maximum Gasteiger partial charge on any atom is 0.408 e. The summed E-state index contributed by atoms with van der Waals surface area (Å²) in [6, 6.07) is -0.460. The summed E-state index contributed by atoms with van der Waals surface area (Å²) in [6.07, 6.45) is -0.532. The molecule has 1 amide bonds. The Morgan fingerprint density at radius 1 is 1.47 bits per heavy atom. The molecule has 1 N–H and O–H groups in total. The summed E-state index contributed by atoms with van der Waals surface area (Å²) < 4.78 is 10.3. The molecule has 0 aromatic carbocycles. The minimum atomic E-state index is -0.552. The van der Waals surface area contributed by atoms with Crippen LogP contribution in [0.3, 0.4) is 0 Å². The van der Waals surface area contributed by atoms with Gasteiger partial charge in [0.15, 0.2) is 5.82 Å². The van der Waals surface area contributed by atoms with Crippen molar-refractivity contribution in [2.45, 2.75) is 52.2 Å². The summed E-state index contributed by atoms with van der Waals surface area (Å²) in [6.45, 7) is 9.32. The van der Waals surface area contributed by atoms with Crippen LogP contribution in [0, 0.1) is 0 Å². The van der Waals surface area contributed by atoms with Crippen molar-refractivity contribution in [1.82, 2.24) is 15.5 Å². The summed E-state index contributed by atoms with van der Waals surface area (Å²) in [7, 11) is 0. The minimum absolute atomic E-state index is 0.166. The standard InChI is InChI=1S/C12H21N3O3S/c1-7(2)9-14-10(18-15-9)8(6-19)13-11(16)17-12(3,4)5/h7-8,19H,6H2,1-5H3,(H,13,16). The third-order valence-electron chi connectivity index (χ3n) is 2.15. The normalized spacial score (nSPS) is 13.4. The van der Waals surface area contributed by atoms with E-state index in [0.29, 0.717) is 17.5 Å². The number of nitrogens with one attached hydrogen (secondary N) is 1. The number of thiol groups is 1. The molecule has 108 valence electrons. The molecule has 6 nitrogen and oxygen atoms in total. The molecular formula is C12H21N3O3S. The number of ether oxygens (including phenoxy) is 1. The quantitative estimate of drug-likeness (QED) is 0.833. The van der Waals surface area contributed by atoms with E-state index in [2.05, 4.69) is 28.1 Å². The van der Waals surface area contributed by atoms with Crippen LogP contribution in [0.4, 0.5) is 4.79 Å². The third kappa shape index (κ3) is 5.10. The Morgan fingerprint density at radius 3 is 2.53 bits per heavy atom. The van der Waals surface area contributed by atoms with Gasteiger partial charge in [0.05, 0.1) is 0 Å². The van der Waals surface area contributed by atoms with Crippen molar-refractivity contribution in [3.05, 3.63) is 11.7 Å². The lowest BCUT2D eigenvalue weighted by molar-refractivity contribution is 0.0500. The molecule has 0 radical (unpaired) electrons. The molecule has 0 fully saturated rings. The summed E-state index contributed by atoms with van der Waals surface area (Å²) in [5, 5.41) is 6.51. The summed E-state index contributed by atoms with van der Waals surface area (Å²) >= 11 is 4.18. The number of amides is 1. The number of rotatable bonds is 4. The Labute approximate surface area is 118 Å². The van der Waals surface area contributed by atoms with Gasteiger partial charge in [-0.2, -0.15) is 17.6 Å². The van der Waals surface area contributed by atoms with Gasteiger partial charge in [-0.1, -0.05) is 19.0 Å². The van der Waals surface area contributed by atoms with Crippen LogP contribution in [0.2, 0.25) is 0 Å². The Kier molecular flexibility index (Phi) is 5.22. The Balaban J connectivity index is 2.69.